The Morgan fingerprint density at radius 2 is 1.88 bits per heavy atom. The van der Waals surface area contributed by atoms with E-state index in [2.05, 4.69) is 77.0 Å². The van der Waals surface area contributed by atoms with Gasteiger partial charge in [-0.25, -0.2) is 4.68 Å². The van der Waals surface area contributed by atoms with E-state index < -0.39 is 0 Å². The average Bonchev–Trinajstić information content (AvgIpc) is 3.13. The second-order valence-electron chi connectivity index (χ2n) is 8.03. The van der Waals surface area contributed by atoms with Gasteiger partial charge in [-0.05, 0) is 63.3 Å². The number of aryl methyl sites for hydroxylation is 2. The van der Waals surface area contributed by atoms with E-state index in [4.69, 9.17) is 4.74 Å². The number of guanidine groups is 1. The molecule has 0 bridgehead atoms. The number of nitrogens with zero attached hydrogens (tertiary/aromatic N) is 4. The van der Waals surface area contributed by atoms with Crippen LogP contribution in [0.15, 0.2) is 59.6 Å². The molecule has 0 aliphatic heterocycles. The summed E-state index contributed by atoms with van der Waals surface area (Å²) in [6.07, 6.45) is 0. The summed E-state index contributed by atoms with van der Waals surface area (Å²) in [6, 6.07) is 18.7. The van der Waals surface area contributed by atoms with Gasteiger partial charge < -0.3 is 20.3 Å². The van der Waals surface area contributed by atoms with Crippen molar-refractivity contribution in [1.29, 1.82) is 0 Å². The van der Waals surface area contributed by atoms with E-state index in [1.54, 1.807) is 14.2 Å². The molecule has 0 aliphatic rings. The SMILES string of the molecule is CN=C(NCc1ccccc1-n1nc(C)cc1C)NCC(c1cccc(OC)c1)N(C)C. The average molecular weight is 435 g/mol. The molecule has 0 saturated carbocycles. The lowest BCUT2D eigenvalue weighted by molar-refractivity contribution is 0.297. The number of likely N-dealkylation sites (N-methyl/N-ethyl adjacent to an activating group) is 1. The van der Waals surface area contributed by atoms with Gasteiger partial charge in [-0.15, -0.1) is 0 Å². The van der Waals surface area contributed by atoms with Crippen LogP contribution in [0.5, 0.6) is 5.75 Å². The van der Waals surface area contributed by atoms with Gasteiger partial charge in [-0.3, -0.25) is 4.99 Å². The monoisotopic (exact) mass is 434 g/mol. The molecule has 2 aromatic carbocycles. The highest BCUT2D eigenvalue weighted by Gasteiger charge is 2.16. The first-order valence-electron chi connectivity index (χ1n) is 10.8. The minimum Gasteiger partial charge on any atom is -0.497 e. The van der Waals surface area contributed by atoms with Gasteiger partial charge in [0.15, 0.2) is 5.96 Å². The van der Waals surface area contributed by atoms with Gasteiger partial charge >= 0.3 is 0 Å². The number of para-hydroxylation sites is 1. The van der Waals surface area contributed by atoms with Crippen LogP contribution in [-0.2, 0) is 6.54 Å². The standard InChI is InChI=1S/C25H34N6O/c1-18-14-19(2)31(29-18)23-13-8-7-10-21(23)16-27-25(26-3)28-17-24(30(4)5)20-11-9-12-22(15-20)32-6/h7-15,24H,16-17H2,1-6H3,(H2,26,27,28). The molecule has 1 atom stereocenters. The molecule has 0 saturated heterocycles. The predicted octanol–water partition coefficient (Wildman–Crippen LogP) is 3.47. The zero-order valence-corrected chi connectivity index (χ0v) is 19.9. The zero-order valence-electron chi connectivity index (χ0n) is 19.9. The van der Waals surface area contributed by atoms with Crippen molar-refractivity contribution in [1.82, 2.24) is 25.3 Å². The third kappa shape index (κ3) is 5.68. The molecule has 7 nitrogen and oxygen atoms in total. The first kappa shape index (κ1) is 23.3. The maximum Gasteiger partial charge on any atom is 0.191 e. The summed E-state index contributed by atoms with van der Waals surface area (Å²) in [7, 11) is 7.63. The molecule has 2 N–H and O–H groups in total. The van der Waals surface area contributed by atoms with Crippen LogP contribution in [0.1, 0.15) is 28.6 Å². The second kappa shape index (κ2) is 10.8. The number of aliphatic imine (C=N–C) groups is 1. The maximum absolute atomic E-state index is 5.39. The topological polar surface area (TPSA) is 66.7 Å². The summed E-state index contributed by atoms with van der Waals surface area (Å²) in [5.74, 6) is 1.61. The first-order chi connectivity index (χ1) is 15.4. The van der Waals surface area contributed by atoms with Crippen molar-refractivity contribution in [3.63, 3.8) is 0 Å². The van der Waals surface area contributed by atoms with Crippen molar-refractivity contribution in [2.45, 2.75) is 26.4 Å². The van der Waals surface area contributed by atoms with Gasteiger partial charge in [0.2, 0.25) is 0 Å². The van der Waals surface area contributed by atoms with Crippen LogP contribution in [0, 0.1) is 13.8 Å². The van der Waals surface area contributed by atoms with Gasteiger partial charge in [0, 0.05) is 25.8 Å². The minimum absolute atomic E-state index is 0.172. The summed E-state index contributed by atoms with van der Waals surface area (Å²) < 4.78 is 7.39. The Morgan fingerprint density at radius 3 is 2.53 bits per heavy atom. The number of benzene rings is 2. The molecular formula is C25H34N6O. The van der Waals surface area contributed by atoms with Crippen LogP contribution >= 0.6 is 0 Å². The van der Waals surface area contributed by atoms with E-state index in [-0.39, 0.29) is 6.04 Å². The van der Waals surface area contributed by atoms with E-state index in [1.165, 1.54) is 5.56 Å². The van der Waals surface area contributed by atoms with Crippen molar-refractivity contribution >= 4 is 5.96 Å². The van der Waals surface area contributed by atoms with Crippen molar-refractivity contribution in [3.8, 4) is 11.4 Å². The quantitative estimate of drug-likeness (QED) is 0.420. The summed E-state index contributed by atoms with van der Waals surface area (Å²) in [5, 5.41) is 11.6. The maximum atomic E-state index is 5.39. The molecule has 32 heavy (non-hydrogen) atoms. The molecular weight excluding hydrogens is 400 g/mol. The Labute approximate surface area is 191 Å². The Balaban J connectivity index is 1.68. The number of hydrogen-bond acceptors (Lipinski definition) is 4. The van der Waals surface area contributed by atoms with Crippen molar-refractivity contribution in [2.75, 3.05) is 34.8 Å². The third-order valence-corrected chi connectivity index (χ3v) is 5.46. The van der Waals surface area contributed by atoms with Crippen LogP contribution < -0.4 is 15.4 Å². The van der Waals surface area contributed by atoms with Crippen molar-refractivity contribution in [3.05, 3.63) is 77.1 Å². The highest BCUT2D eigenvalue weighted by molar-refractivity contribution is 5.79. The first-order valence-corrected chi connectivity index (χ1v) is 10.8. The Bertz CT molecular complexity index is 1060. The van der Waals surface area contributed by atoms with Crippen LogP contribution in [0.4, 0.5) is 0 Å². The molecule has 0 radical (unpaired) electrons. The van der Waals surface area contributed by atoms with Crippen LogP contribution in [0.2, 0.25) is 0 Å². The fraction of sp³-hybridized carbons (Fsp3) is 0.360. The number of methoxy groups -OCH3 is 1. The smallest absolute Gasteiger partial charge is 0.191 e. The lowest BCUT2D eigenvalue weighted by atomic mass is 10.1. The van der Waals surface area contributed by atoms with E-state index in [1.807, 2.05) is 35.9 Å². The van der Waals surface area contributed by atoms with E-state index in [0.717, 1.165) is 34.3 Å². The molecule has 0 aliphatic carbocycles. The van der Waals surface area contributed by atoms with Crippen LogP contribution in [0.3, 0.4) is 0 Å². The summed E-state index contributed by atoms with van der Waals surface area (Å²) in [4.78, 5) is 6.60. The lowest BCUT2D eigenvalue weighted by Crippen LogP contribution is -2.41. The van der Waals surface area contributed by atoms with Crippen molar-refractivity contribution in [2.24, 2.45) is 4.99 Å². The third-order valence-electron chi connectivity index (χ3n) is 5.46. The van der Waals surface area contributed by atoms with E-state index in [9.17, 15) is 0 Å². The van der Waals surface area contributed by atoms with Crippen molar-refractivity contribution < 1.29 is 4.74 Å². The highest BCUT2D eigenvalue weighted by atomic mass is 16.5. The molecule has 0 fully saturated rings. The molecule has 1 aromatic heterocycles. The molecule has 3 aromatic rings. The Kier molecular flexibility index (Phi) is 7.89. The molecule has 7 heteroatoms. The number of aromatic nitrogens is 2. The molecule has 1 unspecified atom stereocenters. The van der Waals surface area contributed by atoms with Crippen LogP contribution in [0.25, 0.3) is 5.69 Å². The minimum atomic E-state index is 0.172. The molecule has 1 heterocycles. The van der Waals surface area contributed by atoms with Gasteiger partial charge in [-0.2, -0.15) is 5.10 Å². The van der Waals surface area contributed by atoms with Gasteiger partial charge in [-0.1, -0.05) is 30.3 Å². The molecule has 170 valence electrons. The number of hydrogen-bond donors (Lipinski definition) is 2. The summed E-state index contributed by atoms with van der Waals surface area (Å²) in [5.41, 5.74) is 5.54. The molecule has 3 rings (SSSR count). The number of rotatable bonds is 8. The van der Waals surface area contributed by atoms with E-state index in [0.29, 0.717) is 13.1 Å². The lowest BCUT2D eigenvalue weighted by Gasteiger charge is -2.26. The normalized spacial score (nSPS) is 12.7. The molecule has 0 amide bonds. The van der Waals surface area contributed by atoms with Gasteiger partial charge in [0.25, 0.3) is 0 Å². The van der Waals surface area contributed by atoms with Crippen LogP contribution in [-0.4, -0.2) is 55.4 Å². The molecule has 0 spiro atoms. The highest BCUT2D eigenvalue weighted by Crippen LogP contribution is 2.22. The largest absolute Gasteiger partial charge is 0.497 e. The fourth-order valence-electron chi connectivity index (χ4n) is 3.78. The fourth-order valence-corrected chi connectivity index (χ4v) is 3.78. The van der Waals surface area contributed by atoms with Gasteiger partial charge in [0.1, 0.15) is 5.75 Å². The summed E-state index contributed by atoms with van der Waals surface area (Å²) >= 11 is 0. The summed E-state index contributed by atoms with van der Waals surface area (Å²) in [6.45, 7) is 5.43. The Morgan fingerprint density at radius 1 is 1.09 bits per heavy atom. The number of ether oxygens (including phenoxy) is 1. The zero-order chi connectivity index (χ0) is 23.1. The number of nitrogens with one attached hydrogen (secondary N) is 2. The van der Waals surface area contributed by atoms with Gasteiger partial charge in [0.05, 0.1) is 24.5 Å². The predicted molar refractivity (Wildman–Crippen MR) is 131 cm³/mol. The Hall–Kier alpha value is -3.32. The van der Waals surface area contributed by atoms with E-state index >= 15 is 0 Å². The second-order valence-corrected chi connectivity index (χ2v) is 8.03.